The summed E-state index contributed by atoms with van der Waals surface area (Å²) in [6.07, 6.45) is 6.96. The molecule has 3 heterocycles. The minimum absolute atomic E-state index is 0. The van der Waals surface area contributed by atoms with E-state index in [4.69, 9.17) is 4.98 Å². The molecule has 2 aromatic carbocycles. The third kappa shape index (κ3) is 4.13. The number of nitrogens with one attached hydrogen (secondary N) is 1. The van der Waals surface area contributed by atoms with E-state index in [-0.39, 0.29) is 6.15 Å². The van der Waals surface area contributed by atoms with Gasteiger partial charge in [0.05, 0.1) is 17.2 Å². The van der Waals surface area contributed by atoms with Crippen molar-refractivity contribution < 1.29 is 0 Å². The molecule has 0 bridgehead atoms. The first-order valence-electron chi connectivity index (χ1n) is 10.5. The van der Waals surface area contributed by atoms with Crippen LogP contribution in [0.1, 0.15) is 31.2 Å². The van der Waals surface area contributed by atoms with Crippen LogP contribution in [0.2, 0.25) is 0 Å². The van der Waals surface area contributed by atoms with E-state index >= 15 is 0 Å². The van der Waals surface area contributed by atoms with Crippen LogP contribution < -0.4 is 6.15 Å². The maximum atomic E-state index is 4.85. The topological polar surface area (TPSA) is 120 Å². The molecule has 0 saturated heterocycles. The Morgan fingerprint density at radius 1 is 0.969 bits per heavy atom. The number of H-pyrrole nitrogens is 1. The molecule has 0 aliphatic heterocycles. The number of nitrogens with zero attached hydrogens (tertiary/aromatic N) is 6. The van der Waals surface area contributed by atoms with E-state index in [1.54, 1.807) is 6.20 Å². The maximum absolute atomic E-state index is 4.85. The minimum Gasteiger partial charge on any atom is -0.344 e. The van der Waals surface area contributed by atoms with Gasteiger partial charge in [0.25, 0.3) is 0 Å². The smallest absolute Gasteiger partial charge is 0.205 e. The van der Waals surface area contributed by atoms with Crippen LogP contribution >= 0.6 is 0 Å². The Morgan fingerprint density at radius 3 is 2.53 bits per heavy atom. The maximum Gasteiger partial charge on any atom is 0.205 e. The highest BCUT2D eigenvalue weighted by atomic mass is 15.5. The van der Waals surface area contributed by atoms with Crippen molar-refractivity contribution >= 4 is 11.0 Å². The Hall–Kier alpha value is -3.91. The number of aryl methyl sites for hydroxylation is 1. The molecule has 0 amide bonds. The molecule has 3 aromatic heterocycles. The lowest BCUT2D eigenvalue weighted by Gasteiger charge is -2.11. The predicted molar refractivity (Wildman–Crippen MR) is 125 cm³/mol. The second kappa shape index (κ2) is 9.49. The van der Waals surface area contributed by atoms with Crippen molar-refractivity contribution in [1.29, 1.82) is 0 Å². The molecule has 0 fully saturated rings. The summed E-state index contributed by atoms with van der Waals surface area (Å²) in [6, 6.07) is 18.7. The van der Waals surface area contributed by atoms with Crippen LogP contribution in [0.3, 0.4) is 0 Å². The Labute approximate surface area is 186 Å². The van der Waals surface area contributed by atoms with Crippen LogP contribution in [0.25, 0.3) is 33.5 Å². The molecule has 32 heavy (non-hydrogen) atoms. The number of tetrazole rings is 1. The molecule has 5 rings (SSSR count). The van der Waals surface area contributed by atoms with Gasteiger partial charge in [-0.1, -0.05) is 61.9 Å². The average molecular weight is 427 g/mol. The lowest BCUT2D eigenvalue weighted by molar-refractivity contribution is 0.689. The highest BCUT2D eigenvalue weighted by molar-refractivity contribution is 5.80. The number of fused-ring (bicyclic) bond motifs is 1. The van der Waals surface area contributed by atoms with E-state index in [1.807, 2.05) is 30.5 Å². The highest BCUT2D eigenvalue weighted by Gasteiger charge is 2.13. The van der Waals surface area contributed by atoms with E-state index in [9.17, 15) is 0 Å². The zero-order valence-electron chi connectivity index (χ0n) is 18.1. The summed E-state index contributed by atoms with van der Waals surface area (Å²) < 4.78 is 2.29. The predicted octanol–water partition coefficient (Wildman–Crippen LogP) is 4.83. The Bertz CT molecular complexity index is 1290. The van der Waals surface area contributed by atoms with Gasteiger partial charge < -0.3 is 10.7 Å². The van der Waals surface area contributed by atoms with E-state index in [2.05, 4.69) is 67.4 Å². The number of aromatic amines is 1. The summed E-state index contributed by atoms with van der Waals surface area (Å²) in [4.78, 5) is 9.17. The molecular formula is C24H26N8. The van der Waals surface area contributed by atoms with E-state index < -0.39 is 0 Å². The lowest BCUT2D eigenvalue weighted by atomic mass is 9.98. The molecule has 0 radical (unpaired) electrons. The number of aromatic nitrogens is 7. The number of benzene rings is 2. The molecule has 8 heteroatoms. The van der Waals surface area contributed by atoms with Crippen LogP contribution in [0.15, 0.2) is 67.0 Å². The van der Waals surface area contributed by atoms with Gasteiger partial charge in [0, 0.05) is 24.7 Å². The lowest BCUT2D eigenvalue weighted by Crippen LogP contribution is -2.05. The first-order valence-corrected chi connectivity index (χ1v) is 10.5. The Morgan fingerprint density at radius 2 is 1.78 bits per heavy atom. The molecule has 8 nitrogen and oxygen atoms in total. The van der Waals surface area contributed by atoms with Gasteiger partial charge in [-0.25, -0.2) is 4.98 Å². The fourth-order valence-corrected chi connectivity index (χ4v) is 3.90. The number of pyridine rings is 1. The van der Waals surface area contributed by atoms with E-state index in [0.29, 0.717) is 5.82 Å². The van der Waals surface area contributed by atoms with Crippen molar-refractivity contribution in [2.24, 2.45) is 0 Å². The van der Waals surface area contributed by atoms with Crippen LogP contribution in [0.4, 0.5) is 0 Å². The van der Waals surface area contributed by atoms with Crippen molar-refractivity contribution in [3.05, 3.63) is 78.4 Å². The monoisotopic (exact) mass is 426 g/mol. The quantitative estimate of drug-likeness (QED) is 0.384. The van der Waals surface area contributed by atoms with Crippen molar-refractivity contribution in [2.75, 3.05) is 0 Å². The largest absolute Gasteiger partial charge is 0.344 e. The Kier molecular flexibility index (Phi) is 6.32. The molecule has 0 aliphatic rings. The van der Waals surface area contributed by atoms with Crippen molar-refractivity contribution in [1.82, 2.24) is 41.3 Å². The minimum atomic E-state index is 0. The highest BCUT2D eigenvalue weighted by Crippen LogP contribution is 2.30. The number of unbranched alkanes of at least 4 members (excludes halogenated alkanes) is 1. The Balaban J connectivity index is 0.00000245. The molecule has 4 N–H and O–H groups in total. The molecular weight excluding hydrogens is 400 g/mol. The molecule has 5 aromatic rings. The van der Waals surface area contributed by atoms with Crippen molar-refractivity contribution in [2.45, 2.75) is 32.7 Å². The first-order chi connectivity index (χ1) is 15.3. The third-order valence-electron chi connectivity index (χ3n) is 5.50. The molecule has 0 atom stereocenters. The van der Waals surface area contributed by atoms with Gasteiger partial charge in [0.2, 0.25) is 5.82 Å². The summed E-state index contributed by atoms with van der Waals surface area (Å²) in [7, 11) is 0. The van der Waals surface area contributed by atoms with Gasteiger partial charge in [0.15, 0.2) is 0 Å². The van der Waals surface area contributed by atoms with Gasteiger partial charge in [-0.3, -0.25) is 4.98 Å². The summed E-state index contributed by atoms with van der Waals surface area (Å²) in [6.45, 7) is 2.98. The fourth-order valence-electron chi connectivity index (χ4n) is 3.90. The van der Waals surface area contributed by atoms with Crippen molar-refractivity contribution in [3.63, 3.8) is 0 Å². The average Bonchev–Trinajstić information content (AvgIpc) is 3.47. The number of hydrogen-bond acceptors (Lipinski definition) is 6. The van der Waals surface area contributed by atoms with Gasteiger partial charge in [-0.2, -0.15) is 5.21 Å². The molecule has 162 valence electrons. The van der Waals surface area contributed by atoms with Gasteiger partial charge in [-0.05, 0) is 34.4 Å². The van der Waals surface area contributed by atoms with Gasteiger partial charge >= 0.3 is 0 Å². The second-order valence-corrected chi connectivity index (χ2v) is 7.56. The standard InChI is InChI=1S/C24H23N7.H3N/c1-2-3-8-23-26-21-13-14-25-15-22(21)31(23)16-17-9-11-18(12-10-17)19-6-4-5-7-20(19)24-27-29-30-28-24;/h4-7,9-15H,2-3,8,16H2,1H3,(H,27,28,29,30);1H3. The number of imidazole rings is 1. The SMILES string of the molecule is CCCCc1nc2ccncc2n1Cc1ccc(-c2ccccc2-c2nn[nH]n2)cc1.N. The molecule has 0 aliphatic carbocycles. The van der Waals surface area contributed by atoms with Crippen LogP contribution in [-0.4, -0.2) is 35.2 Å². The molecule has 0 saturated carbocycles. The fraction of sp³-hybridized carbons (Fsp3) is 0.208. The van der Waals surface area contributed by atoms with Crippen LogP contribution in [-0.2, 0) is 13.0 Å². The molecule has 0 unspecified atom stereocenters. The normalized spacial score (nSPS) is 10.9. The first kappa shape index (κ1) is 21.3. The summed E-state index contributed by atoms with van der Waals surface area (Å²) in [5, 5.41) is 14.5. The van der Waals surface area contributed by atoms with Crippen LogP contribution in [0.5, 0.6) is 0 Å². The molecule has 0 spiro atoms. The van der Waals surface area contributed by atoms with Crippen LogP contribution in [0, 0.1) is 0 Å². The van der Waals surface area contributed by atoms with Gasteiger partial charge in [0.1, 0.15) is 5.82 Å². The van der Waals surface area contributed by atoms with Crippen molar-refractivity contribution in [3.8, 4) is 22.5 Å². The zero-order valence-corrected chi connectivity index (χ0v) is 18.1. The zero-order chi connectivity index (χ0) is 21.0. The van der Waals surface area contributed by atoms with Gasteiger partial charge in [-0.15, -0.1) is 10.2 Å². The van der Waals surface area contributed by atoms with E-state index in [1.165, 1.54) is 5.56 Å². The van der Waals surface area contributed by atoms with E-state index in [0.717, 1.165) is 59.4 Å². The number of hydrogen-bond donors (Lipinski definition) is 2. The number of rotatable bonds is 7. The third-order valence-corrected chi connectivity index (χ3v) is 5.50. The second-order valence-electron chi connectivity index (χ2n) is 7.56. The summed E-state index contributed by atoms with van der Waals surface area (Å²) >= 11 is 0. The summed E-state index contributed by atoms with van der Waals surface area (Å²) in [5.41, 5.74) is 6.47. The summed E-state index contributed by atoms with van der Waals surface area (Å²) in [5.74, 6) is 1.72.